The summed E-state index contributed by atoms with van der Waals surface area (Å²) in [6.07, 6.45) is 2.66. The predicted molar refractivity (Wildman–Crippen MR) is 70.2 cm³/mol. The van der Waals surface area contributed by atoms with Crippen LogP contribution in [0.25, 0.3) is 5.65 Å². The smallest absolute Gasteiger partial charge is 0.354 e. The molecule has 0 saturated heterocycles. The largest absolute Gasteiger partial charge is 0.477 e. The van der Waals surface area contributed by atoms with E-state index in [2.05, 4.69) is 4.98 Å². The Kier molecular flexibility index (Phi) is 2.89. The molecule has 4 heteroatoms. The van der Waals surface area contributed by atoms with Crippen LogP contribution in [-0.2, 0) is 5.41 Å². The molecular weight excluding hydrogens is 228 g/mol. The molecule has 2 rings (SSSR count). The maximum atomic E-state index is 11.5. The normalized spacial score (nSPS) is 12.0. The highest BCUT2D eigenvalue weighted by Crippen LogP contribution is 2.29. The van der Waals surface area contributed by atoms with Gasteiger partial charge in [-0.25, -0.2) is 9.78 Å². The number of carboxylic acids is 1. The molecule has 0 bridgehead atoms. The Morgan fingerprint density at radius 3 is 2.67 bits per heavy atom. The van der Waals surface area contributed by atoms with Crippen molar-refractivity contribution in [3.8, 4) is 0 Å². The zero-order chi connectivity index (χ0) is 13.5. The summed E-state index contributed by atoms with van der Waals surface area (Å²) in [4.78, 5) is 16.0. The summed E-state index contributed by atoms with van der Waals surface area (Å²) in [7, 11) is 0. The monoisotopic (exact) mass is 246 g/mol. The second-order valence-corrected chi connectivity index (χ2v) is 5.29. The maximum Gasteiger partial charge on any atom is 0.354 e. The molecule has 0 amide bonds. The molecule has 0 atom stereocenters. The summed E-state index contributed by atoms with van der Waals surface area (Å²) in [6, 6.07) is 3.80. The van der Waals surface area contributed by atoms with Crippen LogP contribution in [0.15, 0.2) is 18.3 Å². The quantitative estimate of drug-likeness (QED) is 0.905. The summed E-state index contributed by atoms with van der Waals surface area (Å²) < 4.78 is 1.67. The van der Waals surface area contributed by atoms with Gasteiger partial charge in [-0.2, -0.15) is 0 Å². The van der Waals surface area contributed by atoms with Crippen molar-refractivity contribution in [2.45, 2.75) is 39.5 Å². The number of aromatic carboxylic acids is 1. The third-order valence-corrected chi connectivity index (χ3v) is 3.49. The van der Waals surface area contributed by atoms with E-state index in [1.165, 1.54) is 0 Å². The molecule has 0 aliphatic heterocycles. The van der Waals surface area contributed by atoms with E-state index in [0.29, 0.717) is 11.3 Å². The zero-order valence-electron chi connectivity index (χ0n) is 11.2. The van der Waals surface area contributed by atoms with E-state index in [9.17, 15) is 9.90 Å². The first-order valence-electron chi connectivity index (χ1n) is 6.09. The lowest BCUT2D eigenvalue weighted by Crippen LogP contribution is -2.20. The molecule has 0 radical (unpaired) electrons. The number of imidazole rings is 1. The molecule has 0 aromatic carbocycles. The van der Waals surface area contributed by atoms with E-state index in [1.54, 1.807) is 4.40 Å². The Morgan fingerprint density at radius 2 is 2.11 bits per heavy atom. The van der Waals surface area contributed by atoms with Gasteiger partial charge in [0, 0.05) is 11.6 Å². The minimum atomic E-state index is -0.926. The van der Waals surface area contributed by atoms with Gasteiger partial charge in [0.25, 0.3) is 0 Å². The van der Waals surface area contributed by atoms with Crippen molar-refractivity contribution in [3.63, 3.8) is 0 Å². The van der Waals surface area contributed by atoms with E-state index < -0.39 is 5.97 Å². The second kappa shape index (κ2) is 4.12. The van der Waals surface area contributed by atoms with E-state index in [4.69, 9.17) is 0 Å². The van der Waals surface area contributed by atoms with Crippen molar-refractivity contribution in [3.05, 3.63) is 35.3 Å². The van der Waals surface area contributed by atoms with Gasteiger partial charge in [-0.3, -0.25) is 4.40 Å². The van der Waals surface area contributed by atoms with Gasteiger partial charge in [0.05, 0.1) is 5.69 Å². The Balaban J connectivity index is 2.82. The van der Waals surface area contributed by atoms with Crippen LogP contribution >= 0.6 is 0 Å². The lowest BCUT2D eigenvalue weighted by Gasteiger charge is -2.20. The highest BCUT2D eigenvalue weighted by molar-refractivity contribution is 5.88. The van der Waals surface area contributed by atoms with E-state index in [-0.39, 0.29) is 11.1 Å². The fourth-order valence-corrected chi connectivity index (χ4v) is 1.99. The number of nitrogens with zero attached hydrogens (tertiary/aromatic N) is 2. The highest BCUT2D eigenvalue weighted by Gasteiger charge is 2.29. The van der Waals surface area contributed by atoms with Crippen LogP contribution in [-0.4, -0.2) is 20.5 Å². The first-order valence-corrected chi connectivity index (χ1v) is 6.09. The second-order valence-electron chi connectivity index (χ2n) is 5.29. The minimum absolute atomic E-state index is 0.242. The SMILES string of the molecule is CCC(C)(C)c1nc2ccc(C)cn2c1C(=O)O. The van der Waals surface area contributed by atoms with Gasteiger partial charge in [-0.1, -0.05) is 26.8 Å². The highest BCUT2D eigenvalue weighted by atomic mass is 16.4. The molecule has 96 valence electrons. The van der Waals surface area contributed by atoms with Gasteiger partial charge in [-0.05, 0) is 25.0 Å². The van der Waals surface area contributed by atoms with Crippen LogP contribution in [0.5, 0.6) is 0 Å². The molecule has 4 nitrogen and oxygen atoms in total. The van der Waals surface area contributed by atoms with Crippen LogP contribution in [0, 0.1) is 6.92 Å². The van der Waals surface area contributed by atoms with Gasteiger partial charge in [0.15, 0.2) is 5.69 Å². The first-order chi connectivity index (χ1) is 8.36. The number of aryl methyl sites for hydroxylation is 1. The summed E-state index contributed by atoms with van der Waals surface area (Å²) in [5, 5.41) is 9.44. The van der Waals surface area contributed by atoms with Crippen molar-refractivity contribution in [2.75, 3.05) is 0 Å². The number of hydrogen-bond acceptors (Lipinski definition) is 2. The van der Waals surface area contributed by atoms with Gasteiger partial charge >= 0.3 is 5.97 Å². The van der Waals surface area contributed by atoms with Gasteiger partial charge in [0.2, 0.25) is 0 Å². The van der Waals surface area contributed by atoms with Crippen LogP contribution in [0.3, 0.4) is 0 Å². The number of fused-ring (bicyclic) bond motifs is 1. The van der Waals surface area contributed by atoms with Crippen molar-refractivity contribution in [1.82, 2.24) is 9.38 Å². The number of carboxylic acid groups (broad SMARTS) is 1. The average molecular weight is 246 g/mol. The van der Waals surface area contributed by atoms with Crippen LogP contribution < -0.4 is 0 Å². The Morgan fingerprint density at radius 1 is 1.44 bits per heavy atom. The fourth-order valence-electron chi connectivity index (χ4n) is 1.99. The molecule has 2 aromatic heterocycles. The molecular formula is C14H18N2O2. The molecule has 18 heavy (non-hydrogen) atoms. The van der Waals surface area contributed by atoms with Crippen molar-refractivity contribution < 1.29 is 9.90 Å². The number of rotatable bonds is 3. The molecule has 0 aliphatic rings. The topological polar surface area (TPSA) is 54.6 Å². The first kappa shape index (κ1) is 12.6. The van der Waals surface area contributed by atoms with Gasteiger partial charge in [-0.15, -0.1) is 0 Å². The molecule has 2 aromatic rings. The molecule has 1 N–H and O–H groups in total. The van der Waals surface area contributed by atoms with E-state index >= 15 is 0 Å². The predicted octanol–water partition coefficient (Wildman–Crippen LogP) is 3.03. The van der Waals surface area contributed by atoms with E-state index in [0.717, 1.165) is 12.0 Å². The molecule has 0 unspecified atom stereocenters. The summed E-state index contributed by atoms with van der Waals surface area (Å²) in [5.41, 5.74) is 2.40. The number of pyridine rings is 1. The maximum absolute atomic E-state index is 11.5. The van der Waals surface area contributed by atoms with Crippen molar-refractivity contribution in [2.24, 2.45) is 0 Å². The average Bonchev–Trinajstić information content (AvgIpc) is 2.68. The van der Waals surface area contributed by atoms with Crippen LogP contribution in [0.1, 0.15) is 48.9 Å². The Labute approximate surface area is 106 Å². The third kappa shape index (κ3) is 1.88. The van der Waals surface area contributed by atoms with Gasteiger partial charge < -0.3 is 5.11 Å². The third-order valence-electron chi connectivity index (χ3n) is 3.49. The summed E-state index contributed by atoms with van der Waals surface area (Å²) in [6.45, 7) is 8.03. The zero-order valence-corrected chi connectivity index (χ0v) is 11.2. The van der Waals surface area contributed by atoms with Gasteiger partial charge in [0.1, 0.15) is 5.65 Å². The molecule has 2 heterocycles. The molecule has 0 fully saturated rings. The van der Waals surface area contributed by atoms with Crippen molar-refractivity contribution in [1.29, 1.82) is 0 Å². The Bertz CT molecular complexity index is 612. The van der Waals surface area contributed by atoms with Crippen LogP contribution in [0.4, 0.5) is 0 Å². The van der Waals surface area contributed by atoms with Crippen molar-refractivity contribution >= 4 is 11.6 Å². The number of aromatic nitrogens is 2. The fraction of sp³-hybridized carbons (Fsp3) is 0.429. The van der Waals surface area contributed by atoms with E-state index in [1.807, 2.05) is 46.0 Å². The minimum Gasteiger partial charge on any atom is -0.477 e. The molecule has 0 spiro atoms. The lowest BCUT2D eigenvalue weighted by molar-refractivity contribution is 0.0686. The summed E-state index contributed by atoms with van der Waals surface area (Å²) in [5.74, 6) is -0.926. The number of carbonyl (C=O) groups is 1. The number of hydrogen-bond donors (Lipinski definition) is 1. The lowest BCUT2D eigenvalue weighted by atomic mass is 9.85. The Hall–Kier alpha value is -1.84. The standard InChI is InChI=1S/C14H18N2O2/c1-5-14(3,4)12-11(13(17)18)16-8-9(2)6-7-10(16)15-12/h6-8H,5H2,1-4H3,(H,17,18). The van der Waals surface area contributed by atoms with Crippen LogP contribution in [0.2, 0.25) is 0 Å². The summed E-state index contributed by atoms with van der Waals surface area (Å²) >= 11 is 0. The molecule has 0 saturated carbocycles. The molecule has 0 aliphatic carbocycles.